The molecule has 5 nitrogen and oxygen atoms in total. The fourth-order valence-corrected chi connectivity index (χ4v) is 4.30. The second-order valence-corrected chi connectivity index (χ2v) is 6.68. The normalized spacial score (nSPS) is 28.5. The molecule has 0 aromatic carbocycles. The van der Waals surface area contributed by atoms with Gasteiger partial charge in [0.2, 0.25) is 5.95 Å². The Kier molecular flexibility index (Phi) is 3.36. The maximum absolute atomic E-state index is 12.9. The predicted octanol–water partition coefficient (Wildman–Crippen LogP) is 2.49. The summed E-state index contributed by atoms with van der Waals surface area (Å²) in [5.74, 6) is 1.74. The number of aryl methyl sites for hydroxylation is 1. The summed E-state index contributed by atoms with van der Waals surface area (Å²) in [6, 6.07) is 0.465. The maximum atomic E-state index is 12.9. The van der Waals surface area contributed by atoms with Gasteiger partial charge in [0.25, 0.3) is 5.91 Å². The van der Waals surface area contributed by atoms with Crippen LogP contribution in [0.1, 0.15) is 55.4 Å². The van der Waals surface area contributed by atoms with Gasteiger partial charge < -0.3 is 14.8 Å². The number of likely N-dealkylation sites (tertiary alicyclic amines) is 1. The Morgan fingerprint density at radius 1 is 1.14 bits per heavy atom. The van der Waals surface area contributed by atoms with Crippen LogP contribution in [0, 0.1) is 5.92 Å². The number of hydrogen-bond acceptors (Lipinski definition) is 3. The van der Waals surface area contributed by atoms with Gasteiger partial charge in [-0.05, 0) is 38.0 Å². The van der Waals surface area contributed by atoms with E-state index in [4.69, 9.17) is 0 Å². The van der Waals surface area contributed by atoms with Crippen LogP contribution < -0.4 is 5.32 Å². The van der Waals surface area contributed by atoms with E-state index in [1.165, 1.54) is 32.1 Å². The summed E-state index contributed by atoms with van der Waals surface area (Å²) >= 11 is 0. The van der Waals surface area contributed by atoms with E-state index in [2.05, 4.69) is 19.8 Å². The number of nitrogens with one attached hydrogen (secondary N) is 1. The molecular formula is C16H24N4O. The molecule has 0 bridgehead atoms. The molecule has 1 N–H and O–H groups in total. The minimum atomic E-state index is 0.148. The second kappa shape index (κ2) is 5.35. The average molecular weight is 288 g/mol. The molecule has 1 amide bonds. The zero-order chi connectivity index (χ0) is 14.2. The lowest BCUT2D eigenvalue weighted by Crippen LogP contribution is -2.49. The van der Waals surface area contributed by atoms with E-state index in [9.17, 15) is 4.79 Å². The van der Waals surface area contributed by atoms with E-state index in [0.717, 1.165) is 44.3 Å². The van der Waals surface area contributed by atoms with Crippen molar-refractivity contribution in [3.63, 3.8) is 0 Å². The van der Waals surface area contributed by atoms with Crippen molar-refractivity contribution >= 4 is 11.9 Å². The van der Waals surface area contributed by atoms with Gasteiger partial charge in [-0.25, -0.2) is 4.98 Å². The number of fused-ring (bicyclic) bond motifs is 2. The van der Waals surface area contributed by atoms with E-state index in [-0.39, 0.29) is 5.91 Å². The number of nitrogens with zero attached hydrogens (tertiary/aromatic N) is 3. The Hall–Kier alpha value is -1.52. The van der Waals surface area contributed by atoms with Crippen LogP contribution in [-0.4, -0.2) is 39.5 Å². The topological polar surface area (TPSA) is 50.2 Å². The first-order valence-corrected chi connectivity index (χ1v) is 8.45. The van der Waals surface area contributed by atoms with Crippen molar-refractivity contribution in [1.29, 1.82) is 0 Å². The van der Waals surface area contributed by atoms with Crippen LogP contribution >= 0.6 is 0 Å². The zero-order valence-electron chi connectivity index (χ0n) is 12.6. The standard InChI is InChI=1S/C16H24N4O/c21-15(13-11-19-9-4-8-17-16(19)18-13)20-10-3-6-12-5-1-2-7-14(12)20/h11-12,14H,1-10H2,(H,17,18). The lowest BCUT2D eigenvalue weighted by molar-refractivity contribution is 0.0385. The molecule has 3 aliphatic rings. The van der Waals surface area contributed by atoms with E-state index in [0.29, 0.717) is 11.7 Å². The lowest BCUT2D eigenvalue weighted by Gasteiger charge is -2.43. The van der Waals surface area contributed by atoms with Gasteiger partial charge in [0, 0.05) is 31.9 Å². The molecule has 1 aromatic rings. The van der Waals surface area contributed by atoms with Crippen molar-refractivity contribution in [3.8, 4) is 0 Å². The molecule has 5 heteroatoms. The third-order valence-electron chi connectivity index (χ3n) is 5.36. The molecule has 3 heterocycles. The molecule has 1 saturated heterocycles. The van der Waals surface area contributed by atoms with Crippen LogP contribution in [-0.2, 0) is 6.54 Å². The Bertz CT molecular complexity index is 513. The number of imidazole rings is 1. The first kappa shape index (κ1) is 13.2. The zero-order valence-corrected chi connectivity index (χ0v) is 12.6. The highest BCUT2D eigenvalue weighted by Crippen LogP contribution is 2.36. The molecule has 2 fully saturated rings. The summed E-state index contributed by atoms with van der Waals surface area (Å²) in [7, 11) is 0. The number of anilines is 1. The largest absolute Gasteiger partial charge is 0.356 e. The van der Waals surface area contributed by atoms with E-state index >= 15 is 0 Å². The highest BCUT2D eigenvalue weighted by Gasteiger charge is 2.36. The third-order valence-corrected chi connectivity index (χ3v) is 5.36. The summed E-state index contributed by atoms with van der Waals surface area (Å²) in [5.41, 5.74) is 0.630. The molecule has 2 atom stereocenters. The van der Waals surface area contributed by atoms with E-state index < -0.39 is 0 Å². The van der Waals surface area contributed by atoms with Gasteiger partial charge in [0.15, 0.2) is 0 Å². The molecule has 0 radical (unpaired) electrons. The number of piperidine rings is 1. The van der Waals surface area contributed by atoms with Gasteiger partial charge in [-0.1, -0.05) is 12.8 Å². The van der Waals surface area contributed by atoms with Crippen molar-refractivity contribution in [2.24, 2.45) is 5.92 Å². The van der Waals surface area contributed by atoms with Crippen molar-refractivity contribution in [3.05, 3.63) is 11.9 Å². The maximum Gasteiger partial charge on any atom is 0.274 e. The summed E-state index contributed by atoms with van der Waals surface area (Å²) < 4.78 is 2.08. The Morgan fingerprint density at radius 2 is 2.00 bits per heavy atom. The summed E-state index contributed by atoms with van der Waals surface area (Å²) in [6.45, 7) is 2.84. The van der Waals surface area contributed by atoms with Crippen molar-refractivity contribution in [2.45, 2.75) is 57.5 Å². The summed E-state index contributed by atoms with van der Waals surface area (Å²) in [4.78, 5) is 19.5. The molecule has 0 spiro atoms. The number of carbonyl (C=O) groups excluding carboxylic acids is 1. The average Bonchev–Trinajstić information content (AvgIpc) is 2.97. The van der Waals surface area contributed by atoms with Gasteiger partial charge in [-0.2, -0.15) is 0 Å². The fraction of sp³-hybridized carbons (Fsp3) is 0.750. The van der Waals surface area contributed by atoms with Crippen LogP contribution in [0.2, 0.25) is 0 Å². The minimum Gasteiger partial charge on any atom is -0.356 e. The van der Waals surface area contributed by atoms with Gasteiger partial charge in [0.05, 0.1) is 0 Å². The number of hydrogen-bond donors (Lipinski definition) is 1. The first-order valence-electron chi connectivity index (χ1n) is 8.45. The van der Waals surface area contributed by atoms with Crippen molar-refractivity contribution < 1.29 is 4.79 Å². The molecule has 21 heavy (non-hydrogen) atoms. The number of carbonyl (C=O) groups is 1. The molecule has 4 rings (SSSR count). The molecule has 114 valence electrons. The Balaban J connectivity index is 1.57. The Labute approximate surface area is 125 Å². The monoisotopic (exact) mass is 288 g/mol. The van der Waals surface area contributed by atoms with E-state index in [1.807, 2.05) is 6.20 Å². The molecule has 1 aromatic heterocycles. The number of rotatable bonds is 1. The molecule has 2 aliphatic heterocycles. The molecule has 2 unspecified atom stereocenters. The van der Waals surface area contributed by atoms with Gasteiger partial charge in [-0.3, -0.25) is 4.79 Å². The van der Waals surface area contributed by atoms with E-state index in [1.54, 1.807) is 0 Å². The SMILES string of the molecule is O=C(c1cn2c(n1)NCCC2)N1CCCC2CCCCC21. The predicted molar refractivity (Wildman–Crippen MR) is 81.4 cm³/mol. The van der Waals surface area contributed by atoms with Gasteiger partial charge in [0.1, 0.15) is 5.69 Å². The van der Waals surface area contributed by atoms with Crippen LogP contribution in [0.5, 0.6) is 0 Å². The number of amides is 1. The summed E-state index contributed by atoms with van der Waals surface area (Å²) in [6.07, 6.45) is 10.6. The quantitative estimate of drug-likeness (QED) is 0.864. The second-order valence-electron chi connectivity index (χ2n) is 6.68. The smallest absolute Gasteiger partial charge is 0.274 e. The molecule has 1 aliphatic carbocycles. The Morgan fingerprint density at radius 3 is 2.90 bits per heavy atom. The first-order chi connectivity index (χ1) is 10.3. The van der Waals surface area contributed by atoms with Gasteiger partial charge in [-0.15, -0.1) is 0 Å². The molecular weight excluding hydrogens is 264 g/mol. The highest BCUT2D eigenvalue weighted by atomic mass is 16.2. The third kappa shape index (κ3) is 2.32. The minimum absolute atomic E-state index is 0.148. The van der Waals surface area contributed by atoms with Gasteiger partial charge >= 0.3 is 0 Å². The van der Waals surface area contributed by atoms with Crippen molar-refractivity contribution in [1.82, 2.24) is 14.5 Å². The van der Waals surface area contributed by atoms with Crippen LogP contribution in [0.25, 0.3) is 0 Å². The highest BCUT2D eigenvalue weighted by molar-refractivity contribution is 5.93. The molecule has 1 saturated carbocycles. The fourth-order valence-electron chi connectivity index (χ4n) is 4.30. The van der Waals surface area contributed by atoms with Crippen LogP contribution in [0.15, 0.2) is 6.20 Å². The van der Waals surface area contributed by atoms with Crippen LogP contribution in [0.3, 0.4) is 0 Å². The number of aromatic nitrogens is 2. The van der Waals surface area contributed by atoms with Crippen molar-refractivity contribution in [2.75, 3.05) is 18.4 Å². The lowest BCUT2D eigenvalue weighted by atomic mass is 9.78. The summed E-state index contributed by atoms with van der Waals surface area (Å²) in [5, 5.41) is 3.28. The van der Waals surface area contributed by atoms with Crippen LogP contribution in [0.4, 0.5) is 5.95 Å².